The van der Waals surface area contributed by atoms with Crippen molar-refractivity contribution in [2.75, 3.05) is 6.61 Å². The molecule has 0 aliphatic carbocycles. The van der Waals surface area contributed by atoms with Crippen molar-refractivity contribution in [2.24, 2.45) is 18.9 Å². The molecule has 41 heavy (non-hydrogen) atoms. The van der Waals surface area contributed by atoms with Crippen molar-refractivity contribution in [3.05, 3.63) is 64.6 Å². The van der Waals surface area contributed by atoms with Gasteiger partial charge in [-0.3, -0.25) is 24.0 Å². The predicted octanol–water partition coefficient (Wildman–Crippen LogP) is 2.10. The number of amides is 1. The molecule has 0 aromatic carbocycles. The van der Waals surface area contributed by atoms with Gasteiger partial charge in [-0.1, -0.05) is 32.4 Å². The number of carboxylic acids is 1. The number of allylic oxidation sites excluding steroid dienone is 1. The van der Waals surface area contributed by atoms with Gasteiger partial charge in [0, 0.05) is 37.7 Å². The second-order valence-corrected chi connectivity index (χ2v) is 9.83. The van der Waals surface area contributed by atoms with Crippen molar-refractivity contribution >= 4 is 29.4 Å². The summed E-state index contributed by atoms with van der Waals surface area (Å²) in [6, 6.07) is 2.03. The number of nitrogens with zero attached hydrogens (tertiary/aromatic N) is 3. The van der Waals surface area contributed by atoms with Crippen LogP contribution in [0.25, 0.3) is 0 Å². The Morgan fingerprint density at radius 3 is 2.54 bits per heavy atom. The Hall–Kier alpha value is -4.35. The summed E-state index contributed by atoms with van der Waals surface area (Å²) >= 11 is 0. The van der Waals surface area contributed by atoms with Gasteiger partial charge in [0.25, 0.3) is 11.5 Å². The van der Waals surface area contributed by atoms with Gasteiger partial charge in [-0.15, -0.1) is 0 Å². The Bertz CT molecular complexity index is 1330. The molecule has 0 radical (unpaired) electrons. The number of Topliss-reactive ketones (excluding diaryl/α,β-unsaturated/α-hetero) is 2. The number of hydrogen-bond acceptors (Lipinski definition) is 8. The third kappa shape index (κ3) is 9.96. The summed E-state index contributed by atoms with van der Waals surface area (Å²) in [7, 11) is 1.64. The summed E-state index contributed by atoms with van der Waals surface area (Å²) < 4.78 is 7.50. The highest BCUT2D eigenvalue weighted by Gasteiger charge is 2.27. The molecule has 0 fully saturated rings. The van der Waals surface area contributed by atoms with E-state index < -0.39 is 46.9 Å². The van der Waals surface area contributed by atoms with Crippen LogP contribution in [0.1, 0.15) is 62.5 Å². The molecule has 12 heteroatoms. The second-order valence-electron chi connectivity index (χ2n) is 9.83. The van der Waals surface area contributed by atoms with Gasteiger partial charge in [0.15, 0.2) is 11.6 Å². The largest absolute Gasteiger partial charge is 0.481 e. The third-order valence-corrected chi connectivity index (χ3v) is 6.81. The number of hydrogen-bond donors (Lipinski definition) is 2. The monoisotopic (exact) mass is 570 g/mol. The molecule has 0 aliphatic rings. The van der Waals surface area contributed by atoms with Gasteiger partial charge in [0.1, 0.15) is 5.69 Å². The van der Waals surface area contributed by atoms with E-state index >= 15 is 0 Å². The number of aromatic nitrogens is 3. The first-order chi connectivity index (χ1) is 19.5. The highest BCUT2D eigenvalue weighted by Crippen LogP contribution is 2.20. The molecular formula is C29H38N4O8. The van der Waals surface area contributed by atoms with Crippen molar-refractivity contribution < 1.29 is 33.8 Å². The number of aryl methyl sites for hydroxylation is 1. The summed E-state index contributed by atoms with van der Waals surface area (Å²) in [4.78, 5) is 79.0. The molecule has 0 spiro atoms. The molecule has 0 saturated heterocycles. The van der Waals surface area contributed by atoms with Crippen LogP contribution in [0.4, 0.5) is 0 Å². The number of aliphatic carboxylic acids is 1. The maximum Gasteiger partial charge on any atom is 0.330 e. The normalized spacial score (nSPS) is 13.4. The van der Waals surface area contributed by atoms with Crippen LogP contribution in [0.3, 0.4) is 0 Å². The lowest BCUT2D eigenvalue weighted by molar-refractivity contribution is -0.145. The number of pyridine rings is 1. The van der Waals surface area contributed by atoms with E-state index in [1.54, 1.807) is 27.0 Å². The third-order valence-electron chi connectivity index (χ3n) is 6.81. The van der Waals surface area contributed by atoms with Gasteiger partial charge in [-0.25, -0.2) is 9.78 Å². The summed E-state index contributed by atoms with van der Waals surface area (Å²) in [6.45, 7) is 5.20. The molecule has 0 saturated carbocycles. The van der Waals surface area contributed by atoms with Crippen molar-refractivity contribution in [1.82, 2.24) is 19.4 Å². The van der Waals surface area contributed by atoms with E-state index in [4.69, 9.17) is 4.74 Å². The number of carboxylic acid groups (broad SMARTS) is 1. The van der Waals surface area contributed by atoms with Crippen LogP contribution in [0.5, 0.6) is 0 Å². The molecule has 2 aromatic heterocycles. The maximum atomic E-state index is 13.3. The van der Waals surface area contributed by atoms with Gasteiger partial charge < -0.3 is 24.3 Å². The van der Waals surface area contributed by atoms with E-state index in [-0.39, 0.29) is 56.0 Å². The summed E-state index contributed by atoms with van der Waals surface area (Å²) in [5, 5.41) is 12.2. The SMILES string of the molecule is CCOC(=O)/C=C/CC[C@H](NC(=O)c1cncn1C)C(=O)Cc1cccn(CC(=O)C[C@H](C(=O)O)C(C)CC)c1=O. The number of ether oxygens (including phenoxy) is 1. The minimum Gasteiger partial charge on any atom is -0.481 e. The number of carbonyl (C=O) groups is 5. The van der Waals surface area contributed by atoms with Crippen LogP contribution in [0.15, 0.2) is 47.8 Å². The van der Waals surface area contributed by atoms with Crippen LogP contribution in [-0.2, 0) is 43.9 Å². The van der Waals surface area contributed by atoms with Gasteiger partial charge >= 0.3 is 11.9 Å². The quantitative estimate of drug-likeness (QED) is 0.214. The highest BCUT2D eigenvalue weighted by atomic mass is 16.5. The predicted molar refractivity (Wildman–Crippen MR) is 149 cm³/mol. The van der Waals surface area contributed by atoms with E-state index in [0.717, 1.165) is 4.57 Å². The first kappa shape index (κ1) is 32.9. The standard InChI is InChI=1S/C29H38N4O8/c1-5-19(3)22(29(39)40)15-21(34)17-33-13-9-10-20(28(33)38)14-25(35)23(11-7-8-12-26(36)41-6-2)31-27(37)24-16-30-18-32(24)4/h8-10,12-13,16,18-19,22-23H,5-7,11,14-15,17H2,1-4H3,(H,31,37)(H,39,40)/b12-8+/t19?,22-,23-/m0/s1. The van der Waals surface area contributed by atoms with E-state index in [0.29, 0.717) is 6.42 Å². The lowest BCUT2D eigenvalue weighted by atomic mass is 9.87. The smallest absolute Gasteiger partial charge is 0.330 e. The van der Waals surface area contributed by atoms with Crippen LogP contribution >= 0.6 is 0 Å². The summed E-state index contributed by atoms with van der Waals surface area (Å²) in [6.07, 6.45) is 7.52. The van der Waals surface area contributed by atoms with Crippen molar-refractivity contribution in [3.63, 3.8) is 0 Å². The molecule has 2 rings (SSSR count). The van der Waals surface area contributed by atoms with Gasteiger partial charge in [0.05, 0.1) is 37.6 Å². The maximum absolute atomic E-state index is 13.3. The molecule has 0 aliphatic heterocycles. The van der Waals surface area contributed by atoms with Gasteiger partial charge in [-0.05, 0) is 31.7 Å². The summed E-state index contributed by atoms with van der Waals surface area (Å²) in [5.41, 5.74) is -0.185. The fraction of sp³-hybridized carbons (Fsp3) is 0.483. The van der Waals surface area contributed by atoms with Crippen LogP contribution in [0.2, 0.25) is 0 Å². The number of rotatable bonds is 17. The lowest BCUT2D eigenvalue weighted by Crippen LogP contribution is -2.43. The Labute approximate surface area is 238 Å². The molecule has 1 amide bonds. The fourth-order valence-corrected chi connectivity index (χ4v) is 4.23. The van der Waals surface area contributed by atoms with Gasteiger partial charge in [-0.2, -0.15) is 0 Å². The number of esters is 1. The minimum atomic E-state index is -1.06. The minimum absolute atomic E-state index is 0.129. The van der Waals surface area contributed by atoms with Gasteiger partial charge in [0.2, 0.25) is 0 Å². The molecule has 12 nitrogen and oxygen atoms in total. The Balaban J connectivity index is 2.18. The van der Waals surface area contributed by atoms with Crippen LogP contribution in [0, 0.1) is 11.8 Å². The van der Waals surface area contributed by atoms with E-state index in [2.05, 4.69) is 10.3 Å². The first-order valence-corrected chi connectivity index (χ1v) is 13.5. The van der Waals surface area contributed by atoms with E-state index in [1.165, 1.54) is 41.5 Å². The zero-order valence-corrected chi connectivity index (χ0v) is 23.9. The average molecular weight is 571 g/mol. The number of carbonyl (C=O) groups excluding carboxylic acids is 4. The first-order valence-electron chi connectivity index (χ1n) is 13.5. The lowest BCUT2D eigenvalue weighted by Gasteiger charge is -2.18. The molecular weight excluding hydrogens is 532 g/mol. The average Bonchev–Trinajstić information content (AvgIpc) is 3.36. The molecule has 2 aromatic rings. The molecule has 2 heterocycles. The van der Waals surface area contributed by atoms with Crippen molar-refractivity contribution in [2.45, 2.75) is 65.5 Å². The van der Waals surface area contributed by atoms with Crippen molar-refractivity contribution in [3.8, 4) is 0 Å². The zero-order valence-electron chi connectivity index (χ0n) is 23.9. The van der Waals surface area contributed by atoms with Crippen LogP contribution < -0.4 is 10.9 Å². The molecule has 0 bridgehead atoms. The number of ketones is 2. The molecule has 2 N–H and O–H groups in total. The Morgan fingerprint density at radius 1 is 1.20 bits per heavy atom. The Morgan fingerprint density at radius 2 is 1.93 bits per heavy atom. The fourth-order valence-electron chi connectivity index (χ4n) is 4.23. The van der Waals surface area contributed by atoms with E-state index in [1.807, 2.05) is 6.92 Å². The number of nitrogens with one attached hydrogen (secondary N) is 1. The topological polar surface area (TPSA) is 167 Å². The Kier molecular flexibility index (Phi) is 12.9. The highest BCUT2D eigenvalue weighted by molar-refractivity contribution is 5.97. The van der Waals surface area contributed by atoms with Crippen molar-refractivity contribution in [1.29, 1.82) is 0 Å². The van der Waals surface area contributed by atoms with Crippen LogP contribution in [-0.4, -0.2) is 61.3 Å². The second kappa shape index (κ2) is 16.0. The summed E-state index contributed by atoms with van der Waals surface area (Å²) in [5.74, 6) is -4.00. The number of imidazole rings is 1. The molecule has 1 unspecified atom stereocenters. The molecule has 222 valence electrons. The molecule has 3 atom stereocenters. The van der Waals surface area contributed by atoms with E-state index in [9.17, 15) is 33.9 Å². The zero-order chi connectivity index (χ0) is 30.5.